The molecule has 0 unspecified atom stereocenters. The Bertz CT molecular complexity index is 456. The van der Waals surface area contributed by atoms with Crippen molar-refractivity contribution in [1.82, 2.24) is 14.7 Å². The van der Waals surface area contributed by atoms with Crippen LogP contribution in [0.3, 0.4) is 0 Å². The van der Waals surface area contributed by atoms with Gasteiger partial charge in [0.25, 0.3) is 5.91 Å². The lowest BCUT2D eigenvalue weighted by atomic mass is 10.2. The van der Waals surface area contributed by atoms with Gasteiger partial charge < -0.3 is 10.6 Å². The van der Waals surface area contributed by atoms with E-state index in [1.165, 1.54) is 10.7 Å². The van der Waals surface area contributed by atoms with Gasteiger partial charge in [0.15, 0.2) is 0 Å². The van der Waals surface area contributed by atoms with Crippen molar-refractivity contribution < 1.29 is 18.0 Å². The minimum atomic E-state index is -4.45. The van der Waals surface area contributed by atoms with E-state index >= 15 is 0 Å². The van der Waals surface area contributed by atoms with E-state index in [1.807, 2.05) is 6.92 Å². The first-order valence-electron chi connectivity index (χ1n) is 6.45. The smallest absolute Gasteiger partial charge is 0.329 e. The predicted molar refractivity (Wildman–Crippen MR) is 68.3 cm³/mol. The highest BCUT2D eigenvalue weighted by Gasteiger charge is 2.34. The number of aromatic nitrogens is 2. The highest BCUT2D eigenvalue weighted by molar-refractivity contribution is 5.92. The van der Waals surface area contributed by atoms with Gasteiger partial charge in [0.05, 0.1) is 5.69 Å². The fraction of sp³-hybridized carbons (Fsp3) is 0.667. The molecule has 0 atom stereocenters. The van der Waals surface area contributed by atoms with Gasteiger partial charge in [-0.2, -0.15) is 18.3 Å². The molecule has 0 fully saturated rings. The van der Waals surface area contributed by atoms with Crippen LogP contribution in [-0.4, -0.2) is 46.4 Å². The molecule has 0 radical (unpaired) electrons. The van der Waals surface area contributed by atoms with Crippen molar-refractivity contribution in [3.05, 3.63) is 17.5 Å². The maximum atomic E-state index is 12.5. The summed E-state index contributed by atoms with van der Waals surface area (Å²) in [5.74, 6) is -0.693. The summed E-state index contributed by atoms with van der Waals surface area (Å²) in [5, 5.41) is 4.16. The Morgan fingerprint density at radius 3 is 2.55 bits per heavy atom. The molecular weight excluding hydrogens is 273 g/mol. The van der Waals surface area contributed by atoms with Crippen LogP contribution in [-0.2, 0) is 13.0 Å². The van der Waals surface area contributed by atoms with Gasteiger partial charge in [-0.15, -0.1) is 0 Å². The van der Waals surface area contributed by atoms with Gasteiger partial charge in [-0.1, -0.05) is 6.92 Å². The van der Waals surface area contributed by atoms with Crippen molar-refractivity contribution in [2.45, 2.75) is 33.0 Å². The van der Waals surface area contributed by atoms with Gasteiger partial charge in [-0.3, -0.25) is 9.48 Å². The second-order valence-corrected chi connectivity index (χ2v) is 4.32. The average molecular weight is 292 g/mol. The minimum absolute atomic E-state index is 0.0251. The Kier molecular flexibility index (Phi) is 5.55. The molecule has 0 saturated heterocycles. The number of nitrogens with zero attached hydrogens (tertiary/aromatic N) is 3. The van der Waals surface area contributed by atoms with Crippen molar-refractivity contribution >= 4 is 5.91 Å². The molecule has 1 amide bonds. The number of carbonyl (C=O) groups excluding carboxylic acids is 1. The van der Waals surface area contributed by atoms with Crippen LogP contribution in [0.4, 0.5) is 13.2 Å². The molecule has 0 aliphatic rings. The summed E-state index contributed by atoms with van der Waals surface area (Å²) >= 11 is 0. The molecule has 1 aromatic rings. The largest absolute Gasteiger partial charge is 0.406 e. The summed E-state index contributed by atoms with van der Waals surface area (Å²) in [6.45, 7) is 2.59. The van der Waals surface area contributed by atoms with Crippen LogP contribution in [0.5, 0.6) is 0 Å². The normalized spacial score (nSPS) is 11.7. The Morgan fingerprint density at radius 2 is 2.10 bits per heavy atom. The zero-order chi connectivity index (χ0) is 15.3. The highest BCUT2D eigenvalue weighted by atomic mass is 19.4. The molecule has 0 saturated carbocycles. The molecule has 20 heavy (non-hydrogen) atoms. The predicted octanol–water partition coefficient (Wildman–Crippen LogP) is 1.43. The highest BCUT2D eigenvalue weighted by Crippen LogP contribution is 2.18. The van der Waals surface area contributed by atoms with E-state index in [0.717, 1.165) is 0 Å². The number of hydrogen-bond donors (Lipinski definition) is 1. The maximum Gasteiger partial charge on any atom is 0.406 e. The fourth-order valence-electron chi connectivity index (χ4n) is 1.84. The summed E-state index contributed by atoms with van der Waals surface area (Å²) < 4.78 is 38.9. The minimum Gasteiger partial charge on any atom is -0.329 e. The summed E-state index contributed by atoms with van der Waals surface area (Å²) in [4.78, 5) is 12.9. The molecule has 1 aromatic heterocycles. The van der Waals surface area contributed by atoms with Gasteiger partial charge in [-0.25, -0.2) is 0 Å². The van der Waals surface area contributed by atoms with E-state index in [2.05, 4.69) is 5.10 Å². The van der Waals surface area contributed by atoms with Gasteiger partial charge in [0, 0.05) is 19.6 Å². The van der Waals surface area contributed by atoms with Crippen molar-refractivity contribution in [3.63, 3.8) is 0 Å². The van der Waals surface area contributed by atoms with Crippen molar-refractivity contribution in [2.75, 3.05) is 19.6 Å². The Hall–Kier alpha value is -1.57. The van der Waals surface area contributed by atoms with E-state index in [0.29, 0.717) is 23.6 Å². The van der Waals surface area contributed by atoms with E-state index in [1.54, 1.807) is 6.92 Å². The topological polar surface area (TPSA) is 64.2 Å². The van der Waals surface area contributed by atoms with Crippen molar-refractivity contribution in [1.29, 1.82) is 0 Å². The van der Waals surface area contributed by atoms with E-state index < -0.39 is 18.6 Å². The maximum absolute atomic E-state index is 12.5. The number of hydrogen-bond acceptors (Lipinski definition) is 3. The lowest BCUT2D eigenvalue weighted by molar-refractivity contribution is -0.140. The molecule has 5 nitrogen and oxygen atoms in total. The number of carbonyl (C=O) groups is 1. The molecule has 0 aliphatic heterocycles. The molecule has 8 heteroatoms. The van der Waals surface area contributed by atoms with Gasteiger partial charge in [-0.05, 0) is 19.4 Å². The Morgan fingerprint density at radius 1 is 1.45 bits per heavy atom. The quantitative estimate of drug-likeness (QED) is 0.862. The summed E-state index contributed by atoms with van der Waals surface area (Å²) in [6.07, 6.45) is -3.83. The summed E-state index contributed by atoms with van der Waals surface area (Å²) in [5.41, 5.74) is 6.13. The van der Waals surface area contributed by atoms with Gasteiger partial charge >= 0.3 is 6.18 Å². The number of nitrogens with two attached hydrogens (primary N) is 1. The molecular formula is C12H19F3N4O. The lowest BCUT2D eigenvalue weighted by Crippen LogP contribution is -2.42. The third kappa shape index (κ3) is 4.22. The molecule has 0 aromatic carbocycles. The molecule has 0 aliphatic carbocycles. The van der Waals surface area contributed by atoms with Crippen molar-refractivity contribution in [2.24, 2.45) is 5.73 Å². The first-order chi connectivity index (χ1) is 9.32. The molecule has 0 bridgehead atoms. The zero-order valence-corrected chi connectivity index (χ0v) is 11.6. The fourth-order valence-corrected chi connectivity index (χ4v) is 1.84. The monoisotopic (exact) mass is 292 g/mol. The molecule has 1 rings (SSSR count). The molecule has 114 valence electrons. The van der Waals surface area contributed by atoms with Crippen molar-refractivity contribution in [3.8, 4) is 0 Å². The average Bonchev–Trinajstić information content (AvgIpc) is 2.79. The van der Waals surface area contributed by atoms with Gasteiger partial charge in [0.1, 0.15) is 12.2 Å². The summed E-state index contributed by atoms with van der Waals surface area (Å²) in [7, 11) is 0. The lowest BCUT2D eigenvalue weighted by Gasteiger charge is -2.23. The Labute approximate surface area is 115 Å². The van der Waals surface area contributed by atoms with Crippen LogP contribution < -0.4 is 5.73 Å². The number of rotatable bonds is 6. The van der Waals surface area contributed by atoms with Crippen LogP contribution in [0, 0.1) is 0 Å². The first-order valence-corrected chi connectivity index (χ1v) is 6.45. The SMILES string of the molecule is CCc1cc(C(=O)N(CCN)CC(F)(F)F)n(CC)n1. The first kappa shape index (κ1) is 16.5. The third-order valence-electron chi connectivity index (χ3n) is 2.77. The molecule has 1 heterocycles. The summed E-state index contributed by atoms with van der Waals surface area (Å²) in [6, 6.07) is 1.53. The number of alkyl halides is 3. The standard InChI is InChI=1S/C12H19F3N4O/c1-3-9-7-10(19(4-2)17-9)11(20)18(6-5-16)8-12(13,14)15/h7H,3-6,8,16H2,1-2H3. The van der Waals surface area contributed by atoms with E-state index in [4.69, 9.17) is 5.73 Å². The van der Waals surface area contributed by atoms with Crippen LogP contribution >= 0.6 is 0 Å². The Balaban J connectivity index is 3.02. The third-order valence-corrected chi connectivity index (χ3v) is 2.77. The van der Waals surface area contributed by atoms with Gasteiger partial charge in [0.2, 0.25) is 0 Å². The number of halogens is 3. The van der Waals surface area contributed by atoms with Crippen LogP contribution in [0.2, 0.25) is 0 Å². The van der Waals surface area contributed by atoms with E-state index in [9.17, 15) is 18.0 Å². The number of aryl methyl sites for hydroxylation is 2. The molecule has 2 N–H and O–H groups in total. The number of amides is 1. The van der Waals surface area contributed by atoms with Crippen LogP contribution in [0.1, 0.15) is 30.0 Å². The van der Waals surface area contributed by atoms with Crippen LogP contribution in [0.15, 0.2) is 6.07 Å². The van der Waals surface area contributed by atoms with Crippen LogP contribution in [0.25, 0.3) is 0 Å². The van der Waals surface area contributed by atoms with E-state index in [-0.39, 0.29) is 18.8 Å². The zero-order valence-electron chi connectivity index (χ0n) is 11.6. The second kappa shape index (κ2) is 6.74. The molecule has 0 spiro atoms. The second-order valence-electron chi connectivity index (χ2n) is 4.32.